The monoisotopic (exact) mass is 329 g/mol. The van der Waals surface area contributed by atoms with E-state index in [0.717, 1.165) is 5.75 Å². The highest BCUT2D eigenvalue weighted by Gasteiger charge is 2.36. The fourth-order valence-corrected chi connectivity index (χ4v) is 2.86. The van der Waals surface area contributed by atoms with Crippen molar-refractivity contribution < 1.29 is 19.4 Å². The van der Waals surface area contributed by atoms with E-state index < -0.39 is 11.5 Å². The molecule has 7 heteroatoms. The molecule has 0 radical (unpaired) electrons. The van der Waals surface area contributed by atoms with Crippen LogP contribution in [0.2, 0.25) is 0 Å². The zero-order chi connectivity index (χ0) is 16.0. The SMILES string of the molecule is CCSC(=S)NC(C)(C(=O)O)c1ccc(OC)c(OC)c1. The Labute approximate surface area is 134 Å². The number of methoxy groups -OCH3 is 2. The fourth-order valence-electron chi connectivity index (χ4n) is 1.77. The molecule has 1 rings (SSSR count). The molecule has 2 N–H and O–H groups in total. The molecule has 1 unspecified atom stereocenters. The number of nitrogens with one attached hydrogen (secondary N) is 1. The summed E-state index contributed by atoms with van der Waals surface area (Å²) in [6.07, 6.45) is 0. The van der Waals surface area contributed by atoms with Crippen LogP contribution in [0.15, 0.2) is 18.2 Å². The summed E-state index contributed by atoms with van der Waals surface area (Å²) < 4.78 is 10.8. The molecular formula is C14H19NO4S2. The Balaban J connectivity index is 3.22. The minimum Gasteiger partial charge on any atom is -0.493 e. The van der Waals surface area contributed by atoms with Gasteiger partial charge in [0.15, 0.2) is 17.0 Å². The minimum atomic E-state index is -1.33. The fraction of sp³-hybridized carbons (Fsp3) is 0.429. The van der Waals surface area contributed by atoms with Gasteiger partial charge >= 0.3 is 5.97 Å². The van der Waals surface area contributed by atoms with Crippen LogP contribution in [-0.2, 0) is 10.3 Å². The zero-order valence-corrected chi connectivity index (χ0v) is 14.1. The van der Waals surface area contributed by atoms with Gasteiger partial charge in [0.2, 0.25) is 0 Å². The summed E-state index contributed by atoms with van der Waals surface area (Å²) in [7, 11) is 3.03. The Morgan fingerprint density at radius 3 is 2.48 bits per heavy atom. The lowest BCUT2D eigenvalue weighted by Gasteiger charge is -2.28. The Bertz CT molecular complexity index is 536. The van der Waals surface area contributed by atoms with E-state index in [1.807, 2.05) is 6.92 Å². The maximum Gasteiger partial charge on any atom is 0.333 e. The van der Waals surface area contributed by atoms with Gasteiger partial charge in [-0.3, -0.25) is 0 Å². The standard InChI is InChI=1S/C14H19NO4S2/c1-5-21-13(20)15-14(2,12(16)17)9-6-7-10(18-3)11(8-9)19-4/h6-8H,5H2,1-4H3,(H,15,20)(H,16,17). The van der Waals surface area contributed by atoms with E-state index in [1.54, 1.807) is 25.1 Å². The van der Waals surface area contributed by atoms with Crippen molar-refractivity contribution in [2.45, 2.75) is 19.4 Å². The second kappa shape index (κ2) is 7.51. The lowest BCUT2D eigenvalue weighted by molar-refractivity contribution is -0.143. The Kier molecular flexibility index (Phi) is 6.29. The molecule has 0 saturated carbocycles. The van der Waals surface area contributed by atoms with Gasteiger partial charge in [0.25, 0.3) is 0 Å². The molecule has 0 spiro atoms. The van der Waals surface area contributed by atoms with Crippen molar-refractivity contribution in [3.8, 4) is 11.5 Å². The van der Waals surface area contributed by atoms with Crippen molar-refractivity contribution in [2.24, 2.45) is 0 Å². The third kappa shape index (κ3) is 4.01. The Hall–Kier alpha value is -1.47. The highest BCUT2D eigenvalue weighted by molar-refractivity contribution is 8.22. The zero-order valence-electron chi connectivity index (χ0n) is 12.4. The molecule has 1 aromatic rings. The number of hydrogen-bond donors (Lipinski definition) is 2. The first-order valence-corrected chi connectivity index (χ1v) is 7.69. The summed E-state index contributed by atoms with van der Waals surface area (Å²) in [6.45, 7) is 3.52. The van der Waals surface area contributed by atoms with Crippen molar-refractivity contribution in [3.05, 3.63) is 23.8 Å². The van der Waals surface area contributed by atoms with E-state index in [9.17, 15) is 9.90 Å². The second-order valence-electron chi connectivity index (χ2n) is 4.35. The molecule has 0 aliphatic heterocycles. The number of rotatable bonds is 6. The molecule has 21 heavy (non-hydrogen) atoms. The summed E-state index contributed by atoms with van der Waals surface area (Å²) in [4.78, 5) is 11.7. The molecule has 0 saturated heterocycles. The first kappa shape index (κ1) is 17.6. The van der Waals surface area contributed by atoms with Crippen LogP contribution >= 0.6 is 24.0 Å². The van der Waals surface area contributed by atoms with Gasteiger partial charge in [-0.2, -0.15) is 0 Å². The Morgan fingerprint density at radius 1 is 1.38 bits per heavy atom. The molecule has 1 aromatic carbocycles. The predicted molar refractivity (Wildman–Crippen MR) is 88.4 cm³/mol. The summed E-state index contributed by atoms with van der Waals surface area (Å²) in [5.74, 6) is 0.764. The molecule has 5 nitrogen and oxygen atoms in total. The van der Waals surface area contributed by atoms with Crippen molar-refractivity contribution in [1.82, 2.24) is 5.32 Å². The van der Waals surface area contributed by atoms with E-state index in [4.69, 9.17) is 21.7 Å². The highest BCUT2D eigenvalue weighted by Crippen LogP contribution is 2.32. The number of thiocarbonyl (C=S) groups is 1. The average Bonchev–Trinajstić information content (AvgIpc) is 2.46. The van der Waals surface area contributed by atoms with Gasteiger partial charge < -0.3 is 19.9 Å². The number of thioether (sulfide) groups is 1. The summed E-state index contributed by atoms with van der Waals surface area (Å²) in [6, 6.07) is 4.99. The molecule has 0 aliphatic rings. The van der Waals surface area contributed by atoms with Gasteiger partial charge in [-0.25, -0.2) is 4.79 Å². The smallest absolute Gasteiger partial charge is 0.333 e. The highest BCUT2D eigenvalue weighted by atomic mass is 32.2. The van der Waals surface area contributed by atoms with E-state index in [0.29, 0.717) is 21.4 Å². The summed E-state index contributed by atoms with van der Waals surface area (Å²) in [5.41, 5.74) is -0.801. The van der Waals surface area contributed by atoms with Crippen LogP contribution < -0.4 is 14.8 Å². The van der Waals surface area contributed by atoms with Crippen molar-refractivity contribution in [1.29, 1.82) is 0 Å². The van der Waals surface area contributed by atoms with E-state index in [1.165, 1.54) is 26.0 Å². The van der Waals surface area contributed by atoms with Crippen LogP contribution in [0.3, 0.4) is 0 Å². The molecule has 116 valence electrons. The van der Waals surface area contributed by atoms with Crippen LogP contribution in [0.4, 0.5) is 0 Å². The summed E-state index contributed by atoms with van der Waals surface area (Å²) in [5, 5.41) is 12.5. The topological polar surface area (TPSA) is 67.8 Å². The first-order chi connectivity index (χ1) is 9.88. The van der Waals surface area contributed by atoms with Gasteiger partial charge in [-0.05, 0) is 30.4 Å². The molecule has 0 aliphatic carbocycles. The number of ether oxygens (including phenoxy) is 2. The van der Waals surface area contributed by atoms with E-state index in [2.05, 4.69) is 5.32 Å². The van der Waals surface area contributed by atoms with Crippen LogP contribution in [0, 0.1) is 0 Å². The molecular weight excluding hydrogens is 310 g/mol. The second-order valence-corrected chi connectivity index (χ2v) is 6.29. The van der Waals surface area contributed by atoms with Crippen LogP contribution in [0.5, 0.6) is 11.5 Å². The van der Waals surface area contributed by atoms with Gasteiger partial charge in [0.05, 0.1) is 14.2 Å². The molecule has 0 aromatic heterocycles. The van der Waals surface area contributed by atoms with Crippen molar-refractivity contribution >= 4 is 34.3 Å². The maximum absolute atomic E-state index is 11.7. The molecule has 0 bridgehead atoms. The van der Waals surface area contributed by atoms with Gasteiger partial charge in [-0.1, -0.05) is 37.0 Å². The Morgan fingerprint density at radius 2 is 2.00 bits per heavy atom. The van der Waals surface area contributed by atoms with Gasteiger partial charge in [0.1, 0.15) is 4.32 Å². The van der Waals surface area contributed by atoms with Crippen LogP contribution in [0.1, 0.15) is 19.4 Å². The molecule has 1 atom stereocenters. The van der Waals surface area contributed by atoms with E-state index >= 15 is 0 Å². The third-order valence-corrected chi connectivity index (χ3v) is 4.12. The minimum absolute atomic E-state index is 0.442. The number of carboxylic acid groups (broad SMARTS) is 1. The van der Waals surface area contributed by atoms with Crippen molar-refractivity contribution in [3.63, 3.8) is 0 Å². The quantitative estimate of drug-likeness (QED) is 0.778. The number of carbonyl (C=O) groups is 1. The lowest BCUT2D eigenvalue weighted by Crippen LogP contribution is -2.48. The predicted octanol–water partition coefficient (Wildman–Crippen LogP) is 2.63. The first-order valence-electron chi connectivity index (χ1n) is 6.29. The number of aliphatic carboxylic acids is 1. The number of carboxylic acids is 1. The normalized spacial score (nSPS) is 13.1. The van der Waals surface area contributed by atoms with Crippen LogP contribution in [0.25, 0.3) is 0 Å². The van der Waals surface area contributed by atoms with Crippen LogP contribution in [-0.4, -0.2) is 35.4 Å². The lowest BCUT2D eigenvalue weighted by atomic mass is 9.92. The maximum atomic E-state index is 11.7. The van der Waals surface area contributed by atoms with Crippen molar-refractivity contribution in [2.75, 3.05) is 20.0 Å². The molecule has 0 heterocycles. The number of benzene rings is 1. The summed E-state index contributed by atoms with van der Waals surface area (Å²) >= 11 is 6.55. The number of hydrogen-bond acceptors (Lipinski definition) is 5. The van der Waals surface area contributed by atoms with E-state index in [-0.39, 0.29) is 0 Å². The largest absolute Gasteiger partial charge is 0.493 e. The van der Waals surface area contributed by atoms with Gasteiger partial charge in [-0.15, -0.1) is 0 Å². The van der Waals surface area contributed by atoms with Gasteiger partial charge in [0, 0.05) is 0 Å². The molecule has 0 fully saturated rings. The average molecular weight is 329 g/mol. The molecule has 0 amide bonds. The third-order valence-electron chi connectivity index (χ3n) is 3.02.